The Morgan fingerprint density at radius 3 is 2.77 bits per heavy atom. The molecule has 0 aliphatic carbocycles. The first kappa shape index (κ1) is 17.8. The zero-order valence-electron chi connectivity index (χ0n) is 14.3. The molecule has 2 aliphatic heterocycles. The maximum Gasteiger partial charge on any atom is 0.263 e. The molecule has 1 N–H and O–H groups in total. The molecule has 1 atom stereocenters. The zero-order chi connectivity index (χ0) is 18.7. The highest BCUT2D eigenvalue weighted by Gasteiger charge is 2.45. The van der Waals surface area contributed by atoms with Gasteiger partial charge in [0, 0.05) is 18.6 Å². The van der Waals surface area contributed by atoms with Crippen molar-refractivity contribution in [3.05, 3.63) is 34.9 Å². The number of carbonyl (C=O) groups excluding carboxylic acids is 4. The molecule has 26 heavy (non-hydrogen) atoms. The van der Waals surface area contributed by atoms with Crippen LogP contribution >= 0.6 is 0 Å². The Morgan fingerprint density at radius 2 is 2.04 bits per heavy atom. The molecule has 1 aromatic rings. The van der Waals surface area contributed by atoms with E-state index < -0.39 is 29.7 Å². The quantitative estimate of drug-likeness (QED) is 0.492. The van der Waals surface area contributed by atoms with Gasteiger partial charge in [0.25, 0.3) is 11.8 Å². The van der Waals surface area contributed by atoms with Crippen LogP contribution < -0.4 is 5.32 Å². The number of nitrogens with one attached hydrogen (secondary N) is 1. The van der Waals surface area contributed by atoms with E-state index in [1.54, 1.807) is 18.2 Å². The summed E-state index contributed by atoms with van der Waals surface area (Å²) in [4.78, 5) is 49.8. The lowest BCUT2D eigenvalue weighted by atomic mass is 10.0. The van der Waals surface area contributed by atoms with Crippen molar-refractivity contribution in [2.24, 2.45) is 0 Å². The molecule has 1 saturated heterocycles. The lowest BCUT2D eigenvalue weighted by Crippen LogP contribution is -2.54. The van der Waals surface area contributed by atoms with Gasteiger partial charge in [0.15, 0.2) is 0 Å². The third kappa shape index (κ3) is 3.24. The molecule has 0 aromatic heterocycles. The molecule has 1 aromatic carbocycles. The van der Waals surface area contributed by atoms with Crippen molar-refractivity contribution in [2.75, 3.05) is 13.2 Å². The van der Waals surface area contributed by atoms with E-state index in [-0.39, 0.29) is 30.6 Å². The van der Waals surface area contributed by atoms with E-state index in [4.69, 9.17) is 4.74 Å². The summed E-state index contributed by atoms with van der Waals surface area (Å²) in [5.74, 6) is 3.58. The van der Waals surface area contributed by atoms with Gasteiger partial charge in [-0.25, -0.2) is 0 Å². The third-order valence-corrected chi connectivity index (χ3v) is 4.21. The van der Waals surface area contributed by atoms with Gasteiger partial charge in [-0.2, -0.15) is 0 Å². The summed E-state index contributed by atoms with van der Waals surface area (Å²) in [6, 6.07) is 3.87. The standard InChI is InChI=1S/C19H18N2O5/c1-2-10-26-11-4-6-12-5-3-7-13-16(12)19(25)21(18(13)24)14-8-9-15(22)20-17(14)23/h3,5,7,14H,2,8-11H2,1H3,(H,20,22,23). The molecular weight excluding hydrogens is 336 g/mol. The zero-order valence-corrected chi connectivity index (χ0v) is 14.3. The predicted molar refractivity (Wildman–Crippen MR) is 91.1 cm³/mol. The average molecular weight is 354 g/mol. The molecule has 0 bridgehead atoms. The van der Waals surface area contributed by atoms with Gasteiger partial charge in [0.05, 0.1) is 11.1 Å². The van der Waals surface area contributed by atoms with E-state index in [0.29, 0.717) is 12.2 Å². The van der Waals surface area contributed by atoms with Crippen LogP contribution in [0.2, 0.25) is 0 Å². The van der Waals surface area contributed by atoms with Gasteiger partial charge < -0.3 is 4.74 Å². The van der Waals surface area contributed by atoms with Crippen LogP contribution in [0.15, 0.2) is 18.2 Å². The second-order valence-corrected chi connectivity index (χ2v) is 6.03. The summed E-state index contributed by atoms with van der Waals surface area (Å²) in [6.45, 7) is 2.82. The first-order valence-electron chi connectivity index (χ1n) is 8.45. The van der Waals surface area contributed by atoms with Gasteiger partial charge in [-0.05, 0) is 25.0 Å². The smallest absolute Gasteiger partial charge is 0.263 e. The Balaban J connectivity index is 1.87. The van der Waals surface area contributed by atoms with Crippen LogP contribution in [0, 0.1) is 11.8 Å². The summed E-state index contributed by atoms with van der Waals surface area (Å²) in [6.07, 6.45) is 1.10. The van der Waals surface area contributed by atoms with E-state index >= 15 is 0 Å². The van der Waals surface area contributed by atoms with Gasteiger partial charge in [0.2, 0.25) is 11.8 Å². The lowest BCUT2D eigenvalue weighted by Gasteiger charge is -2.27. The van der Waals surface area contributed by atoms with Crippen LogP contribution in [-0.2, 0) is 14.3 Å². The Hall–Kier alpha value is -2.98. The molecule has 3 rings (SSSR count). The van der Waals surface area contributed by atoms with Crippen LogP contribution in [-0.4, -0.2) is 47.8 Å². The Bertz CT molecular complexity index is 849. The van der Waals surface area contributed by atoms with Gasteiger partial charge in [-0.3, -0.25) is 29.4 Å². The second kappa shape index (κ2) is 7.50. The number of rotatable bonds is 4. The van der Waals surface area contributed by atoms with Crippen molar-refractivity contribution < 1.29 is 23.9 Å². The first-order valence-corrected chi connectivity index (χ1v) is 8.45. The van der Waals surface area contributed by atoms with Crippen molar-refractivity contribution in [3.63, 3.8) is 0 Å². The van der Waals surface area contributed by atoms with Crippen molar-refractivity contribution in [3.8, 4) is 11.8 Å². The maximum atomic E-state index is 12.8. The minimum atomic E-state index is -0.978. The normalized spacial score (nSPS) is 19.1. The maximum absolute atomic E-state index is 12.8. The number of fused-ring (bicyclic) bond motifs is 1. The van der Waals surface area contributed by atoms with Gasteiger partial charge in [-0.15, -0.1) is 0 Å². The molecule has 7 heteroatoms. The second-order valence-electron chi connectivity index (χ2n) is 6.03. The van der Waals surface area contributed by atoms with Crippen molar-refractivity contribution in [1.29, 1.82) is 0 Å². The SMILES string of the molecule is CCCOCC#Cc1cccc2c1C(=O)N(C1CCC(=O)NC1=O)C2=O. The van der Waals surface area contributed by atoms with Gasteiger partial charge in [-0.1, -0.05) is 24.8 Å². The molecule has 0 radical (unpaired) electrons. The number of hydrogen-bond acceptors (Lipinski definition) is 5. The van der Waals surface area contributed by atoms with Crippen LogP contribution in [0.25, 0.3) is 0 Å². The number of amides is 4. The molecule has 7 nitrogen and oxygen atoms in total. The number of hydrogen-bond donors (Lipinski definition) is 1. The number of carbonyl (C=O) groups is 4. The highest BCUT2D eigenvalue weighted by molar-refractivity contribution is 6.24. The number of nitrogens with zero attached hydrogens (tertiary/aromatic N) is 1. The van der Waals surface area contributed by atoms with Crippen LogP contribution in [0.4, 0.5) is 0 Å². The highest BCUT2D eigenvalue weighted by Crippen LogP contribution is 2.29. The minimum Gasteiger partial charge on any atom is -0.369 e. The molecule has 0 saturated carbocycles. The topological polar surface area (TPSA) is 92.8 Å². The molecule has 2 aliphatic rings. The van der Waals surface area contributed by atoms with Crippen LogP contribution in [0.5, 0.6) is 0 Å². The summed E-state index contributed by atoms with van der Waals surface area (Å²) in [5.41, 5.74) is 0.849. The summed E-state index contributed by atoms with van der Waals surface area (Å²) in [7, 11) is 0. The number of piperidine rings is 1. The molecular formula is C19H18N2O5. The fraction of sp³-hybridized carbons (Fsp3) is 0.368. The summed E-state index contributed by atoms with van der Waals surface area (Å²) < 4.78 is 5.29. The van der Waals surface area contributed by atoms with Crippen LogP contribution in [0.3, 0.4) is 0 Å². The van der Waals surface area contributed by atoms with Crippen LogP contribution in [0.1, 0.15) is 52.5 Å². The number of ether oxygens (including phenoxy) is 1. The summed E-state index contributed by atoms with van der Waals surface area (Å²) >= 11 is 0. The van der Waals surface area contributed by atoms with E-state index in [0.717, 1.165) is 11.3 Å². The van der Waals surface area contributed by atoms with Crippen molar-refractivity contribution in [1.82, 2.24) is 10.2 Å². The van der Waals surface area contributed by atoms with E-state index in [9.17, 15) is 19.2 Å². The van der Waals surface area contributed by atoms with E-state index in [2.05, 4.69) is 17.2 Å². The monoisotopic (exact) mass is 354 g/mol. The predicted octanol–water partition coefficient (Wildman–Crippen LogP) is 0.866. The van der Waals surface area contributed by atoms with Crippen molar-refractivity contribution in [2.45, 2.75) is 32.2 Å². The average Bonchev–Trinajstić information content (AvgIpc) is 2.87. The fourth-order valence-corrected chi connectivity index (χ4v) is 3.02. The Labute approximate surface area is 150 Å². The Kier molecular flexibility index (Phi) is 5.14. The van der Waals surface area contributed by atoms with Gasteiger partial charge >= 0.3 is 0 Å². The largest absolute Gasteiger partial charge is 0.369 e. The highest BCUT2D eigenvalue weighted by atomic mass is 16.5. The molecule has 134 valence electrons. The number of benzene rings is 1. The first-order chi connectivity index (χ1) is 12.5. The van der Waals surface area contributed by atoms with E-state index in [1.165, 1.54) is 0 Å². The third-order valence-electron chi connectivity index (χ3n) is 4.21. The summed E-state index contributed by atoms with van der Waals surface area (Å²) in [5, 5.41) is 2.17. The molecule has 2 heterocycles. The molecule has 0 spiro atoms. The van der Waals surface area contributed by atoms with Gasteiger partial charge in [0.1, 0.15) is 12.6 Å². The fourth-order valence-electron chi connectivity index (χ4n) is 3.02. The number of imide groups is 2. The Morgan fingerprint density at radius 1 is 1.23 bits per heavy atom. The van der Waals surface area contributed by atoms with Crippen molar-refractivity contribution >= 4 is 23.6 Å². The molecule has 1 fully saturated rings. The molecule has 1 unspecified atom stereocenters. The lowest BCUT2D eigenvalue weighted by molar-refractivity contribution is -0.136. The minimum absolute atomic E-state index is 0.0885. The van der Waals surface area contributed by atoms with E-state index in [1.807, 2.05) is 6.92 Å². The molecule has 4 amide bonds.